The van der Waals surface area contributed by atoms with E-state index in [-0.39, 0.29) is 11.3 Å². The second kappa shape index (κ2) is 7.38. The second-order valence-electron chi connectivity index (χ2n) is 9.51. The van der Waals surface area contributed by atoms with Crippen LogP contribution >= 0.6 is 0 Å². The summed E-state index contributed by atoms with van der Waals surface area (Å²) in [6.07, 6.45) is 5.14. The van der Waals surface area contributed by atoms with Crippen molar-refractivity contribution in [2.75, 3.05) is 0 Å². The molecule has 0 heterocycles. The molecular weight excluding hydrogens is 292 g/mol. The molecule has 138 valence electrons. The van der Waals surface area contributed by atoms with Gasteiger partial charge in [-0.2, -0.15) is 9.78 Å². The summed E-state index contributed by atoms with van der Waals surface area (Å²) in [7, 11) is 0. The van der Waals surface area contributed by atoms with Gasteiger partial charge in [0.05, 0.1) is 11.2 Å². The monoisotopic (exact) mass is 330 g/mol. The molecule has 1 aliphatic rings. The van der Waals surface area contributed by atoms with E-state index in [1.807, 2.05) is 41.5 Å². The van der Waals surface area contributed by atoms with E-state index in [4.69, 9.17) is 19.6 Å². The first-order valence-corrected chi connectivity index (χ1v) is 9.05. The lowest BCUT2D eigenvalue weighted by Gasteiger charge is -2.49. The van der Waals surface area contributed by atoms with Crippen LogP contribution in [0.4, 0.5) is 0 Å². The Balaban J connectivity index is 3.07. The van der Waals surface area contributed by atoms with Crippen LogP contribution < -0.4 is 0 Å². The molecule has 0 radical (unpaired) electrons. The minimum atomic E-state index is -0.849. The van der Waals surface area contributed by atoms with Crippen LogP contribution in [0.15, 0.2) is 0 Å². The maximum Gasteiger partial charge on any atom is 0.237 e. The van der Waals surface area contributed by atoms with Crippen LogP contribution in [-0.2, 0) is 19.6 Å². The molecular formula is C19H38O4. The molecule has 4 heteroatoms. The molecule has 1 unspecified atom stereocenters. The molecule has 23 heavy (non-hydrogen) atoms. The molecule has 0 aliphatic heterocycles. The minimum absolute atomic E-state index is 0.0862. The molecule has 0 bridgehead atoms. The molecule has 0 aromatic heterocycles. The summed E-state index contributed by atoms with van der Waals surface area (Å²) in [5.74, 6) is -0.628. The molecule has 0 amide bonds. The lowest BCUT2D eigenvalue weighted by atomic mass is 9.66. The molecule has 1 atom stereocenters. The third-order valence-electron chi connectivity index (χ3n) is 4.52. The fourth-order valence-corrected chi connectivity index (χ4v) is 2.95. The summed E-state index contributed by atoms with van der Waals surface area (Å²) in [4.78, 5) is 23.4. The Morgan fingerprint density at radius 2 is 1.30 bits per heavy atom. The molecule has 0 spiro atoms. The molecule has 1 rings (SSSR count). The zero-order chi connectivity index (χ0) is 17.9. The van der Waals surface area contributed by atoms with Gasteiger partial charge in [-0.05, 0) is 59.8 Å². The van der Waals surface area contributed by atoms with Crippen LogP contribution in [0.3, 0.4) is 0 Å². The molecule has 1 aliphatic carbocycles. The molecule has 1 saturated carbocycles. The van der Waals surface area contributed by atoms with E-state index in [0.717, 1.165) is 25.7 Å². The summed E-state index contributed by atoms with van der Waals surface area (Å²) >= 11 is 0. The standard InChI is InChI=1S/C19H38O4/c1-10-18(8,9)15-13-11-12-14-19(15,22-20-16(2,3)4)23-21-17(5,6)7/h15H,10-14H2,1-9H3. The van der Waals surface area contributed by atoms with Crippen molar-refractivity contribution in [3.8, 4) is 0 Å². The third kappa shape index (κ3) is 6.33. The lowest BCUT2D eigenvalue weighted by molar-refractivity contribution is -0.560. The van der Waals surface area contributed by atoms with E-state index in [0.29, 0.717) is 0 Å². The fraction of sp³-hybridized carbons (Fsp3) is 1.00. The molecule has 0 aromatic rings. The highest BCUT2D eigenvalue weighted by atomic mass is 17.3. The number of rotatable bonds is 6. The van der Waals surface area contributed by atoms with Gasteiger partial charge in [-0.15, -0.1) is 0 Å². The smallest absolute Gasteiger partial charge is 0.228 e. The summed E-state index contributed by atoms with van der Waals surface area (Å²) < 4.78 is 0. The van der Waals surface area contributed by atoms with E-state index in [9.17, 15) is 0 Å². The van der Waals surface area contributed by atoms with Gasteiger partial charge in [0.15, 0.2) is 0 Å². The van der Waals surface area contributed by atoms with Crippen molar-refractivity contribution in [3.63, 3.8) is 0 Å². The van der Waals surface area contributed by atoms with Crippen LogP contribution in [0.25, 0.3) is 0 Å². The van der Waals surface area contributed by atoms with Crippen molar-refractivity contribution >= 4 is 0 Å². The van der Waals surface area contributed by atoms with Gasteiger partial charge in [-0.1, -0.05) is 33.6 Å². The normalized spacial score (nSPS) is 23.1. The van der Waals surface area contributed by atoms with Gasteiger partial charge in [0.1, 0.15) is 0 Å². The van der Waals surface area contributed by atoms with E-state index in [1.165, 1.54) is 6.42 Å². The average molecular weight is 331 g/mol. The van der Waals surface area contributed by atoms with Gasteiger partial charge in [0.2, 0.25) is 5.79 Å². The van der Waals surface area contributed by atoms with Crippen molar-refractivity contribution in [1.29, 1.82) is 0 Å². The van der Waals surface area contributed by atoms with Crippen molar-refractivity contribution < 1.29 is 19.6 Å². The third-order valence-corrected chi connectivity index (χ3v) is 4.52. The van der Waals surface area contributed by atoms with Crippen LogP contribution in [0, 0.1) is 11.3 Å². The Morgan fingerprint density at radius 3 is 1.70 bits per heavy atom. The van der Waals surface area contributed by atoms with Crippen molar-refractivity contribution in [3.05, 3.63) is 0 Å². The summed E-state index contributed by atoms with van der Waals surface area (Å²) in [5.41, 5.74) is -0.699. The first-order valence-electron chi connectivity index (χ1n) is 9.05. The predicted molar refractivity (Wildman–Crippen MR) is 92.6 cm³/mol. The minimum Gasteiger partial charge on any atom is -0.228 e. The molecule has 0 N–H and O–H groups in total. The van der Waals surface area contributed by atoms with Crippen LogP contribution in [0.5, 0.6) is 0 Å². The highest BCUT2D eigenvalue weighted by Crippen LogP contribution is 2.49. The first-order chi connectivity index (χ1) is 10.3. The van der Waals surface area contributed by atoms with Gasteiger partial charge < -0.3 is 0 Å². The zero-order valence-corrected chi connectivity index (χ0v) is 16.7. The Morgan fingerprint density at radius 1 is 0.826 bits per heavy atom. The van der Waals surface area contributed by atoms with Crippen LogP contribution in [-0.4, -0.2) is 17.0 Å². The van der Waals surface area contributed by atoms with E-state index < -0.39 is 17.0 Å². The van der Waals surface area contributed by atoms with Gasteiger partial charge in [-0.3, -0.25) is 0 Å². The predicted octanol–water partition coefficient (Wildman–Crippen LogP) is 5.80. The van der Waals surface area contributed by atoms with Gasteiger partial charge in [0, 0.05) is 12.3 Å². The van der Waals surface area contributed by atoms with Gasteiger partial charge in [0.25, 0.3) is 0 Å². The van der Waals surface area contributed by atoms with Gasteiger partial charge >= 0.3 is 0 Å². The second-order valence-corrected chi connectivity index (χ2v) is 9.51. The molecule has 4 nitrogen and oxygen atoms in total. The maximum absolute atomic E-state index is 5.98. The van der Waals surface area contributed by atoms with E-state index in [2.05, 4.69) is 20.8 Å². The topological polar surface area (TPSA) is 36.9 Å². The molecule has 0 saturated heterocycles. The quantitative estimate of drug-likeness (QED) is 0.350. The summed E-state index contributed by atoms with van der Waals surface area (Å²) in [6, 6.07) is 0. The van der Waals surface area contributed by atoms with Crippen LogP contribution in [0.2, 0.25) is 0 Å². The summed E-state index contributed by atoms with van der Waals surface area (Å²) in [5, 5.41) is 0. The maximum atomic E-state index is 5.98. The number of hydrogen-bond donors (Lipinski definition) is 0. The Kier molecular flexibility index (Phi) is 6.70. The number of hydrogen-bond acceptors (Lipinski definition) is 4. The average Bonchev–Trinajstić information content (AvgIpc) is 2.42. The van der Waals surface area contributed by atoms with E-state index in [1.54, 1.807) is 0 Å². The Hall–Kier alpha value is -0.160. The SMILES string of the molecule is CCC(C)(C)C1CCCCC1(OOC(C)(C)C)OOC(C)(C)C. The lowest BCUT2D eigenvalue weighted by Crippen LogP contribution is -2.53. The van der Waals surface area contributed by atoms with Crippen LogP contribution in [0.1, 0.15) is 94.4 Å². The van der Waals surface area contributed by atoms with Crippen molar-refractivity contribution in [2.24, 2.45) is 11.3 Å². The molecule has 0 aromatic carbocycles. The van der Waals surface area contributed by atoms with Crippen molar-refractivity contribution in [2.45, 2.75) is 111 Å². The van der Waals surface area contributed by atoms with E-state index >= 15 is 0 Å². The zero-order valence-electron chi connectivity index (χ0n) is 16.7. The highest BCUT2D eigenvalue weighted by Gasteiger charge is 2.52. The van der Waals surface area contributed by atoms with Crippen molar-refractivity contribution in [1.82, 2.24) is 0 Å². The fourth-order valence-electron chi connectivity index (χ4n) is 2.95. The largest absolute Gasteiger partial charge is 0.237 e. The molecule has 1 fully saturated rings. The highest BCUT2D eigenvalue weighted by molar-refractivity contribution is 4.91. The summed E-state index contributed by atoms with van der Waals surface area (Å²) in [6.45, 7) is 18.7. The first kappa shape index (κ1) is 20.9. The Bertz CT molecular complexity index is 345. The Labute approximate surface area is 143 Å². The van der Waals surface area contributed by atoms with Gasteiger partial charge in [-0.25, -0.2) is 9.78 Å².